The second kappa shape index (κ2) is 7.90. The highest BCUT2D eigenvalue weighted by Gasteiger charge is 2.28. The number of benzene rings is 2. The van der Waals surface area contributed by atoms with Crippen molar-refractivity contribution in [1.29, 1.82) is 0 Å². The van der Waals surface area contributed by atoms with Crippen LogP contribution in [-0.2, 0) is 16.1 Å². The largest absolute Gasteiger partial charge is 0.480 e. The number of hydroxylamine groups is 2. The van der Waals surface area contributed by atoms with E-state index in [0.717, 1.165) is 21.4 Å². The summed E-state index contributed by atoms with van der Waals surface area (Å²) in [7, 11) is 0. The number of carboxylic acids is 1. The molecular formula is C18H21NO5. The van der Waals surface area contributed by atoms with Crippen molar-refractivity contribution in [2.24, 2.45) is 0 Å². The lowest BCUT2D eigenvalue weighted by Gasteiger charge is -2.25. The van der Waals surface area contributed by atoms with E-state index in [-0.39, 0.29) is 6.54 Å². The molecular weight excluding hydrogens is 310 g/mol. The minimum Gasteiger partial charge on any atom is -0.480 e. The van der Waals surface area contributed by atoms with E-state index in [0.29, 0.717) is 12.0 Å². The molecule has 0 saturated heterocycles. The van der Waals surface area contributed by atoms with Crippen molar-refractivity contribution in [2.45, 2.75) is 26.3 Å². The van der Waals surface area contributed by atoms with Gasteiger partial charge in [0.1, 0.15) is 0 Å². The lowest BCUT2D eigenvalue weighted by Crippen LogP contribution is -2.44. The quantitative estimate of drug-likeness (QED) is 0.757. The van der Waals surface area contributed by atoms with Gasteiger partial charge < -0.3 is 15.1 Å². The van der Waals surface area contributed by atoms with E-state index in [1.165, 1.54) is 0 Å². The molecule has 6 heteroatoms. The van der Waals surface area contributed by atoms with Crippen molar-refractivity contribution in [3.8, 4) is 0 Å². The number of nitrogens with zero attached hydrogens (tertiary/aromatic N) is 1. The molecule has 0 aliphatic heterocycles. The van der Waals surface area contributed by atoms with Gasteiger partial charge in [0.05, 0.1) is 12.2 Å². The standard InChI is InChI=1S/C18H21NO5/c1-3-12-9-10-13-7-5-6-8-14(13)16(12)18(23)24-19(4-2)15(11-20)17(21)22/h5-10,15,20H,3-4,11H2,1-2H3,(H,21,22)/t15-/m0/s1. The van der Waals surface area contributed by atoms with Crippen molar-refractivity contribution in [3.05, 3.63) is 47.5 Å². The molecule has 2 rings (SSSR count). The molecule has 2 aromatic rings. The zero-order valence-electron chi connectivity index (χ0n) is 13.7. The molecule has 0 heterocycles. The highest BCUT2D eigenvalue weighted by atomic mass is 16.7. The average molecular weight is 331 g/mol. The molecule has 0 radical (unpaired) electrons. The fraction of sp³-hybridized carbons (Fsp3) is 0.333. The van der Waals surface area contributed by atoms with Crippen molar-refractivity contribution in [2.75, 3.05) is 13.2 Å². The maximum absolute atomic E-state index is 12.7. The molecule has 6 nitrogen and oxygen atoms in total. The average Bonchev–Trinajstić information content (AvgIpc) is 2.59. The first-order valence-corrected chi connectivity index (χ1v) is 7.86. The lowest BCUT2D eigenvalue weighted by atomic mass is 9.97. The summed E-state index contributed by atoms with van der Waals surface area (Å²) >= 11 is 0. The second-order valence-electron chi connectivity index (χ2n) is 5.32. The van der Waals surface area contributed by atoms with Gasteiger partial charge in [-0.1, -0.05) is 43.3 Å². The number of aliphatic carboxylic acids is 1. The Morgan fingerprint density at radius 2 is 1.88 bits per heavy atom. The van der Waals surface area contributed by atoms with E-state index < -0.39 is 24.6 Å². The van der Waals surface area contributed by atoms with Crippen LogP contribution in [0.4, 0.5) is 0 Å². The zero-order valence-corrected chi connectivity index (χ0v) is 13.7. The Balaban J connectivity index is 2.41. The number of carbonyl (C=O) groups excluding carboxylic acids is 1. The van der Waals surface area contributed by atoms with Gasteiger partial charge >= 0.3 is 11.9 Å². The van der Waals surface area contributed by atoms with E-state index >= 15 is 0 Å². The number of fused-ring (bicyclic) bond motifs is 1. The summed E-state index contributed by atoms with van der Waals surface area (Å²) in [4.78, 5) is 29.2. The van der Waals surface area contributed by atoms with Crippen LogP contribution >= 0.6 is 0 Å². The van der Waals surface area contributed by atoms with E-state index in [4.69, 9.17) is 9.94 Å². The van der Waals surface area contributed by atoms with Crippen LogP contribution in [-0.4, -0.2) is 46.4 Å². The summed E-state index contributed by atoms with van der Waals surface area (Å²) in [6.45, 7) is 3.09. The molecule has 2 N–H and O–H groups in total. The molecule has 0 unspecified atom stereocenters. The Morgan fingerprint density at radius 1 is 1.17 bits per heavy atom. The van der Waals surface area contributed by atoms with Gasteiger partial charge in [0.25, 0.3) is 0 Å². The number of aryl methyl sites for hydroxylation is 1. The Labute approximate surface area is 140 Å². The van der Waals surface area contributed by atoms with E-state index in [1.54, 1.807) is 6.92 Å². The number of rotatable bonds is 7. The Morgan fingerprint density at radius 3 is 2.46 bits per heavy atom. The number of carbonyl (C=O) groups is 2. The van der Waals surface area contributed by atoms with Crippen molar-refractivity contribution in [1.82, 2.24) is 5.06 Å². The molecule has 0 fully saturated rings. The summed E-state index contributed by atoms with van der Waals surface area (Å²) in [6, 6.07) is 9.97. The number of hydrogen-bond donors (Lipinski definition) is 2. The third kappa shape index (κ3) is 3.55. The summed E-state index contributed by atoms with van der Waals surface area (Å²) in [6.07, 6.45) is 0.643. The van der Waals surface area contributed by atoms with Crippen molar-refractivity contribution in [3.63, 3.8) is 0 Å². The second-order valence-corrected chi connectivity index (χ2v) is 5.32. The molecule has 0 bridgehead atoms. The number of aliphatic hydroxyl groups is 1. The van der Waals surface area contributed by atoms with Crippen LogP contribution in [0.5, 0.6) is 0 Å². The van der Waals surface area contributed by atoms with Gasteiger partial charge in [-0.3, -0.25) is 4.79 Å². The Kier molecular flexibility index (Phi) is 5.89. The highest BCUT2D eigenvalue weighted by Crippen LogP contribution is 2.24. The van der Waals surface area contributed by atoms with Crippen LogP contribution in [0.1, 0.15) is 29.8 Å². The monoisotopic (exact) mass is 331 g/mol. The topological polar surface area (TPSA) is 87.1 Å². The van der Waals surface area contributed by atoms with Gasteiger partial charge in [-0.05, 0) is 29.7 Å². The molecule has 128 valence electrons. The molecule has 0 amide bonds. The van der Waals surface area contributed by atoms with Gasteiger partial charge in [0.15, 0.2) is 6.04 Å². The fourth-order valence-electron chi connectivity index (χ4n) is 2.65. The van der Waals surface area contributed by atoms with Crippen LogP contribution in [0.3, 0.4) is 0 Å². The first kappa shape index (κ1) is 17.9. The predicted octanol–water partition coefficient (Wildman–Crippen LogP) is 2.24. The van der Waals surface area contributed by atoms with Gasteiger partial charge in [0, 0.05) is 6.54 Å². The van der Waals surface area contributed by atoms with Crippen LogP contribution in [0.2, 0.25) is 0 Å². The van der Waals surface area contributed by atoms with Crippen LogP contribution in [0, 0.1) is 0 Å². The summed E-state index contributed by atoms with van der Waals surface area (Å²) in [5.74, 6) is -1.87. The summed E-state index contributed by atoms with van der Waals surface area (Å²) in [5.41, 5.74) is 1.25. The number of likely N-dealkylation sites (N-methyl/N-ethyl adjacent to an activating group) is 1. The normalized spacial score (nSPS) is 12.3. The van der Waals surface area contributed by atoms with Crippen molar-refractivity contribution < 1.29 is 24.6 Å². The van der Waals surface area contributed by atoms with Gasteiger partial charge in [-0.15, -0.1) is 5.06 Å². The SMILES string of the molecule is CCc1ccc2ccccc2c1C(=O)ON(CC)[C@@H](CO)C(=O)O. The first-order valence-electron chi connectivity index (χ1n) is 7.86. The molecule has 0 aliphatic carbocycles. The molecule has 2 aromatic carbocycles. The summed E-state index contributed by atoms with van der Waals surface area (Å²) in [5, 5.41) is 21.0. The van der Waals surface area contributed by atoms with Crippen molar-refractivity contribution >= 4 is 22.7 Å². The summed E-state index contributed by atoms with van der Waals surface area (Å²) < 4.78 is 0. The van der Waals surface area contributed by atoms with Crippen LogP contribution in [0.15, 0.2) is 36.4 Å². The van der Waals surface area contributed by atoms with Gasteiger partial charge in [-0.2, -0.15) is 0 Å². The predicted molar refractivity (Wildman–Crippen MR) is 89.6 cm³/mol. The molecule has 24 heavy (non-hydrogen) atoms. The number of hydrogen-bond acceptors (Lipinski definition) is 5. The lowest BCUT2D eigenvalue weighted by molar-refractivity contribution is -0.175. The van der Waals surface area contributed by atoms with Gasteiger partial charge in [0.2, 0.25) is 0 Å². The smallest absolute Gasteiger partial charge is 0.357 e. The van der Waals surface area contributed by atoms with E-state index in [9.17, 15) is 14.7 Å². The molecule has 0 saturated carbocycles. The third-order valence-corrected chi connectivity index (χ3v) is 3.92. The fourth-order valence-corrected chi connectivity index (χ4v) is 2.65. The molecule has 1 atom stereocenters. The van der Waals surface area contributed by atoms with E-state index in [2.05, 4.69) is 0 Å². The van der Waals surface area contributed by atoms with Gasteiger partial charge in [-0.25, -0.2) is 4.79 Å². The number of carboxylic acid groups (broad SMARTS) is 1. The minimum absolute atomic E-state index is 0.148. The molecule has 0 spiro atoms. The maximum Gasteiger partial charge on any atom is 0.357 e. The van der Waals surface area contributed by atoms with E-state index in [1.807, 2.05) is 43.3 Å². The maximum atomic E-state index is 12.7. The molecule has 0 aliphatic rings. The number of aliphatic hydroxyl groups excluding tert-OH is 1. The highest BCUT2D eigenvalue weighted by molar-refractivity contribution is 6.05. The van der Waals surface area contributed by atoms with Crippen LogP contribution in [0.25, 0.3) is 10.8 Å². The Hall–Kier alpha value is -2.44. The first-order chi connectivity index (χ1) is 11.5. The molecule has 0 aromatic heterocycles. The third-order valence-electron chi connectivity index (χ3n) is 3.92. The van der Waals surface area contributed by atoms with Crippen LogP contribution < -0.4 is 0 Å². The zero-order chi connectivity index (χ0) is 17.7. The minimum atomic E-state index is -1.29. The Bertz CT molecular complexity index is 743.